The first-order valence-electron chi connectivity index (χ1n) is 8.52. The van der Waals surface area contributed by atoms with Gasteiger partial charge in [0.15, 0.2) is 5.82 Å². The average Bonchev–Trinajstić information content (AvgIpc) is 3.26. The van der Waals surface area contributed by atoms with Gasteiger partial charge in [0.25, 0.3) is 0 Å². The minimum absolute atomic E-state index is 0.446. The maximum Gasteiger partial charge on any atom is 0.172 e. The molecule has 1 aliphatic heterocycles. The van der Waals surface area contributed by atoms with Crippen molar-refractivity contribution in [1.29, 1.82) is 0 Å². The third kappa shape index (κ3) is 3.01. The Morgan fingerprint density at radius 1 is 1.17 bits per heavy atom. The van der Waals surface area contributed by atoms with E-state index in [0.29, 0.717) is 12.1 Å². The molecule has 3 heterocycles. The van der Waals surface area contributed by atoms with Crippen LogP contribution in [0, 0.1) is 0 Å². The summed E-state index contributed by atoms with van der Waals surface area (Å²) in [4.78, 5) is 13.2. The second-order valence-corrected chi connectivity index (χ2v) is 7.56. The third-order valence-corrected chi connectivity index (χ3v) is 5.50. The highest BCUT2D eigenvalue weighted by Gasteiger charge is 2.25. The van der Waals surface area contributed by atoms with Crippen LogP contribution in [0.5, 0.6) is 0 Å². The summed E-state index contributed by atoms with van der Waals surface area (Å²) < 4.78 is 0. The number of para-hydroxylation sites is 1. The predicted molar refractivity (Wildman–Crippen MR) is 102 cm³/mol. The number of hydrogen-bond donors (Lipinski definition) is 1. The quantitative estimate of drug-likeness (QED) is 0.772. The lowest BCUT2D eigenvalue weighted by atomic mass is 10.2. The van der Waals surface area contributed by atoms with Crippen molar-refractivity contribution in [2.75, 3.05) is 18.4 Å². The molecule has 0 amide bonds. The summed E-state index contributed by atoms with van der Waals surface area (Å²) in [5.74, 6) is 1.77. The lowest BCUT2D eigenvalue weighted by Crippen LogP contribution is -2.31. The molecule has 24 heavy (non-hydrogen) atoms. The van der Waals surface area contributed by atoms with Crippen molar-refractivity contribution >= 4 is 28.1 Å². The van der Waals surface area contributed by atoms with E-state index in [1.807, 2.05) is 12.1 Å². The summed E-state index contributed by atoms with van der Waals surface area (Å²) in [5, 5.41) is 6.85. The van der Waals surface area contributed by atoms with Crippen molar-refractivity contribution in [2.24, 2.45) is 0 Å². The third-order valence-electron chi connectivity index (χ3n) is 4.64. The summed E-state index contributed by atoms with van der Waals surface area (Å²) in [6, 6.07) is 13.4. The summed E-state index contributed by atoms with van der Waals surface area (Å²) >= 11 is 1.68. The highest BCUT2D eigenvalue weighted by Crippen LogP contribution is 2.28. The molecule has 1 N–H and O–H groups in total. The molecule has 1 aliphatic rings. The van der Waals surface area contributed by atoms with Crippen LogP contribution in [0.1, 0.15) is 20.3 Å². The number of aromatic nitrogens is 2. The summed E-state index contributed by atoms with van der Waals surface area (Å²) in [7, 11) is 0. The number of thiophene rings is 1. The molecular formula is C19H22N4S. The van der Waals surface area contributed by atoms with E-state index in [0.717, 1.165) is 46.9 Å². The van der Waals surface area contributed by atoms with E-state index in [-0.39, 0.29) is 0 Å². The van der Waals surface area contributed by atoms with Crippen LogP contribution in [-0.2, 0) is 0 Å². The number of benzene rings is 1. The van der Waals surface area contributed by atoms with E-state index >= 15 is 0 Å². The summed E-state index contributed by atoms with van der Waals surface area (Å²) in [5.41, 5.74) is 0.997. The van der Waals surface area contributed by atoms with Gasteiger partial charge in [0.1, 0.15) is 5.82 Å². The fourth-order valence-electron chi connectivity index (χ4n) is 3.27. The predicted octanol–water partition coefficient (Wildman–Crippen LogP) is 4.25. The zero-order chi connectivity index (χ0) is 16.5. The zero-order valence-electron chi connectivity index (χ0n) is 14.1. The van der Waals surface area contributed by atoms with Crippen molar-refractivity contribution in [3.8, 4) is 10.7 Å². The van der Waals surface area contributed by atoms with E-state index in [4.69, 9.17) is 9.97 Å². The molecule has 4 nitrogen and oxygen atoms in total. The highest BCUT2D eigenvalue weighted by atomic mass is 32.1. The Morgan fingerprint density at radius 2 is 2.04 bits per heavy atom. The molecule has 2 aromatic heterocycles. The molecule has 0 radical (unpaired) electrons. The van der Waals surface area contributed by atoms with Gasteiger partial charge in [0.05, 0.1) is 10.4 Å². The monoisotopic (exact) mass is 338 g/mol. The maximum absolute atomic E-state index is 4.85. The molecule has 0 saturated carbocycles. The molecule has 5 heteroatoms. The molecule has 124 valence electrons. The number of likely N-dealkylation sites (tertiary alicyclic amines) is 1. The highest BCUT2D eigenvalue weighted by molar-refractivity contribution is 7.13. The van der Waals surface area contributed by atoms with Crippen LogP contribution in [0.3, 0.4) is 0 Å². The van der Waals surface area contributed by atoms with Crippen molar-refractivity contribution in [2.45, 2.75) is 32.4 Å². The molecule has 0 aliphatic carbocycles. The number of anilines is 1. The lowest BCUT2D eigenvalue weighted by Gasteiger charge is -2.21. The summed E-state index contributed by atoms with van der Waals surface area (Å²) in [6.07, 6.45) is 1.16. The number of hydrogen-bond acceptors (Lipinski definition) is 5. The smallest absolute Gasteiger partial charge is 0.172 e. The number of nitrogens with zero attached hydrogens (tertiary/aromatic N) is 3. The molecule has 1 aromatic carbocycles. The maximum atomic E-state index is 4.85. The van der Waals surface area contributed by atoms with E-state index in [2.05, 4.69) is 53.7 Å². The van der Waals surface area contributed by atoms with E-state index in [1.54, 1.807) is 11.3 Å². The van der Waals surface area contributed by atoms with Crippen LogP contribution in [0.25, 0.3) is 21.6 Å². The van der Waals surface area contributed by atoms with Crippen molar-refractivity contribution in [3.63, 3.8) is 0 Å². The second-order valence-electron chi connectivity index (χ2n) is 6.61. The van der Waals surface area contributed by atoms with Crippen LogP contribution in [0.2, 0.25) is 0 Å². The molecule has 1 saturated heterocycles. The molecule has 3 aromatic rings. The first-order valence-corrected chi connectivity index (χ1v) is 9.40. The van der Waals surface area contributed by atoms with Crippen molar-refractivity contribution in [1.82, 2.24) is 14.9 Å². The molecular weight excluding hydrogens is 316 g/mol. The Bertz CT molecular complexity index is 829. The first-order chi connectivity index (χ1) is 11.7. The fraction of sp³-hybridized carbons (Fsp3) is 0.368. The minimum Gasteiger partial charge on any atom is -0.365 e. The van der Waals surface area contributed by atoms with Crippen LogP contribution in [0.4, 0.5) is 5.82 Å². The minimum atomic E-state index is 0.446. The fourth-order valence-corrected chi connectivity index (χ4v) is 3.93. The molecule has 4 rings (SSSR count). The molecule has 0 unspecified atom stereocenters. The summed E-state index contributed by atoms with van der Waals surface area (Å²) in [6.45, 7) is 6.75. The standard InChI is InChI=1S/C19H22N4S/c1-13(2)23-10-9-14(12-23)20-18-15-6-3-4-7-16(15)21-19(22-18)17-8-5-11-24-17/h3-8,11,13-14H,9-10,12H2,1-2H3,(H,20,21,22)/t14-/m1/s1. The lowest BCUT2D eigenvalue weighted by molar-refractivity contribution is 0.274. The molecule has 1 atom stereocenters. The van der Waals surface area contributed by atoms with Gasteiger partial charge < -0.3 is 5.32 Å². The van der Waals surface area contributed by atoms with Gasteiger partial charge in [-0.25, -0.2) is 9.97 Å². The van der Waals surface area contributed by atoms with Gasteiger partial charge in [0, 0.05) is 30.6 Å². The van der Waals surface area contributed by atoms with Crippen LogP contribution in [-0.4, -0.2) is 40.0 Å². The van der Waals surface area contributed by atoms with Crippen molar-refractivity contribution in [3.05, 3.63) is 41.8 Å². The largest absolute Gasteiger partial charge is 0.365 e. The Kier molecular flexibility index (Phi) is 4.21. The van der Waals surface area contributed by atoms with Gasteiger partial charge in [-0.2, -0.15) is 0 Å². The number of rotatable bonds is 4. The van der Waals surface area contributed by atoms with Crippen LogP contribution >= 0.6 is 11.3 Å². The van der Waals surface area contributed by atoms with Crippen LogP contribution in [0.15, 0.2) is 41.8 Å². The van der Waals surface area contributed by atoms with E-state index in [1.165, 1.54) is 0 Å². The van der Waals surface area contributed by atoms with Gasteiger partial charge >= 0.3 is 0 Å². The van der Waals surface area contributed by atoms with E-state index in [9.17, 15) is 0 Å². The van der Waals surface area contributed by atoms with E-state index < -0.39 is 0 Å². The Balaban J connectivity index is 1.69. The SMILES string of the molecule is CC(C)N1CC[C@@H](Nc2nc(-c3cccs3)nc3ccccc23)C1. The number of nitrogens with one attached hydrogen (secondary N) is 1. The Morgan fingerprint density at radius 3 is 2.79 bits per heavy atom. The normalized spacial score (nSPS) is 18.5. The van der Waals surface area contributed by atoms with Crippen LogP contribution < -0.4 is 5.32 Å². The van der Waals surface area contributed by atoms with Crippen molar-refractivity contribution < 1.29 is 0 Å². The average molecular weight is 338 g/mol. The molecule has 1 fully saturated rings. The zero-order valence-corrected chi connectivity index (χ0v) is 14.9. The number of fused-ring (bicyclic) bond motifs is 1. The Hall–Kier alpha value is -1.98. The van der Waals surface area contributed by atoms with Gasteiger partial charge in [-0.05, 0) is 43.8 Å². The molecule has 0 bridgehead atoms. The van der Waals surface area contributed by atoms with Gasteiger partial charge in [0.2, 0.25) is 0 Å². The van der Waals surface area contributed by atoms with Gasteiger partial charge in [-0.3, -0.25) is 4.90 Å². The molecule has 0 spiro atoms. The van der Waals surface area contributed by atoms with Gasteiger partial charge in [-0.1, -0.05) is 18.2 Å². The van der Waals surface area contributed by atoms with Gasteiger partial charge in [-0.15, -0.1) is 11.3 Å². The first kappa shape index (κ1) is 15.5. The Labute approximate surface area is 146 Å². The second kappa shape index (κ2) is 6.49. The topological polar surface area (TPSA) is 41.0 Å².